The summed E-state index contributed by atoms with van der Waals surface area (Å²) in [4.78, 5) is 0. The van der Waals surface area contributed by atoms with Crippen molar-refractivity contribution in [2.75, 3.05) is 23.5 Å². The molecule has 0 saturated heterocycles. The Bertz CT molecular complexity index is 45.8. The molecule has 0 aliphatic heterocycles. The van der Waals surface area contributed by atoms with E-state index in [0.717, 1.165) is 12.2 Å². The van der Waals surface area contributed by atoms with Crippen LogP contribution < -0.4 is 0 Å². The summed E-state index contributed by atoms with van der Waals surface area (Å²) < 4.78 is 0. The van der Waals surface area contributed by atoms with Crippen molar-refractivity contribution in [2.45, 2.75) is 19.8 Å². The third-order valence-electron chi connectivity index (χ3n) is 0.781. The second-order valence-electron chi connectivity index (χ2n) is 1.96. The first-order valence-corrected chi connectivity index (χ1v) is 6.53. The van der Waals surface area contributed by atoms with Gasteiger partial charge in [0, 0.05) is 32.7 Å². The third-order valence-corrected chi connectivity index (χ3v) is 2.34. The van der Waals surface area contributed by atoms with Crippen LogP contribution in [0.3, 0.4) is 0 Å². The van der Waals surface area contributed by atoms with Crippen LogP contribution in [-0.2, 0) is 32.7 Å². The molecule has 0 rings (SSSR count). The van der Waals surface area contributed by atoms with E-state index in [1.165, 1.54) is 17.9 Å². The summed E-state index contributed by atoms with van der Waals surface area (Å²) >= 11 is 3.84. The van der Waals surface area contributed by atoms with Crippen molar-refractivity contribution in [3.63, 3.8) is 0 Å². The zero-order chi connectivity index (χ0) is 8.95. The van der Waals surface area contributed by atoms with Gasteiger partial charge in [-0.1, -0.05) is 6.92 Å². The maximum absolute atomic E-state index is 3.74. The van der Waals surface area contributed by atoms with E-state index < -0.39 is 0 Å². The average molecular weight is 281 g/mol. The molecular formula is C9H20S2Y-2. The topological polar surface area (TPSA) is 0 Å². The predicted molar refractivity (Wildman–Crippen MR) is 61.3 cm³/mol. The molecular weight excluding hydrogens is 261 g/mol. The van der Waals surface area contributed by atoms with Gasteiger partial charge < -0.3 is 13.8 Å². The maximum atomic E-state index is 3.74. The predicted octanol–water partition coefficient (Wildman–Crippen LogP) is 3.53. The maximum Gasteiger partial charge on any atom is 0 e. The fourth-order valence-electron chi connectivity index (χ4n) is 0.407. The van der Waals surface area contributed by atoms with Crippen molar-refractivity contribution in [1.29, 1.82) is 0 Å². The minimum Gasteiger partial charge on any atom is -0.344 e. The fraction of sp³-hybridized carbons (Fsp3) is 0.778. The second-order valence-corrected chi connectivity index (χ2v) is 4.17. The van der Waals surface area contributed by atoms with Crippen LogP contribution in [0.1, 0.15) is 19.8 Å². The molecule has 0 bridgehead atoms. The van der Waals surface area contributed by atoms with Gasteiger partial charge in [0.1, 0.15) is 0 Å². The van der Waals surface area contributed by atoms with E-state index in [0.29, 0.717) is 0 Å². The van der Waals surface area contributed by atoms with E-state index in [-0.39, 0.29) is 32.7 Å². The van der Waals surface area contributed by atoms with Crippen LogP contribution in [0, 0.1) is 13.8 Å². The van der Waals surface area contributed by atoms with Gasteiger partial charge in [-0.15, -0.1) is 5.75 Å². The third kappa shape index (κ3) is 29.8. The largest absolute Gasteiger partial charge is 0.344 e. The van der Waals surface area contributed by atoms with Gasteiger partial charge in [0.25, 0.3) is 0 Å². The van der Waals surface area contributed by atoms with E-state index in [1.54, 1.807) is 0 Å². The Labute approximate surface area is 112 Å². The van der Waals surface area contributed by atoms with Crippen LogP contribution in [-0.4, -0.2) is 23.5 Å². The van der Waals surface area contributed by atoms with Gasteiger partial charge in [0.05, 0.1) is 0 Å². The van der Waals surface area contributed by atoms with E-state index in [4.69, 9.17) is 0 Å². The Morgan fingerprint density at radius 1 is 1.17 bits per heavy atom. The standard InChI is InChI=1S/C6H13S2.C3H7.Y/c1-3-8-6-4-5-7-2;1-3-2;/h1,3-6H2,2H3;1,3H2,2H3;/q2*-1;. The Kier molecular flexibility index (Phi) is 37.2. The first-order valence-electron chi connectivity index (χ1n) is 3.98. The summed E-state index contributed by atoms with van der Waals surface area (Å²) in [6.07, 6.45) is 4.48. The second kappa shape index (κ2) is 23.0. The van der Waals surface area contributed by atoms with Crippen LogP contribution in [0.4, 0.5) is 0 Å². The van der Waals surface area contributed by atoms with Gasteiger partial charge in [0.15, 0.2) is 0 Å². The molecule has 0 aliphatic rings. The van der Waals surface area contributed by atoms with E-state index in [9.17, 15) is 0 Å². The van der Waals surface area contributed by atoms with E-state index in [2.05, 4.69) is 20.1 Å². The molecule has 3 heteroatoms. The van der Waals surface area contributed by atoms with Crippen molar-refractivity contribution >= 4 is 23.5 Å². The van der Waals surface area contributed by atoms with Gasteiger partial charge in [-0.2, -0.15) is 29.9 Å². The minimum atomic E-state index is 0. The quantitative estimate of drug-likeness (QED) is 0.558. The van der Waals surface area contributed by atoms with Crippen LogP contribution in [0.2, 0.25) is 0 Å². The van der Waals surface area contributed by atoms with Gasteiger partial charge in [0.2, 0.25) is 0 Å². The SMILES string of the molecule is [CH2-]CC.[CH2-]CSCCCSC.[Y]. The van der Waals surface area contributed by atoms with Crippen molar-refractivity contribution in [1.82, 2.24) is 0 Å². The average Bonchev–Trinajstić information content (AvgIpc) is 2.00. The summed E-state index contributed by atoms with van der Waals surface area (Å²) in [7, 11) is 0. The summed E-state index contributed by atoms with van der Waals surface area (Å²) in [5.41, 5.74) is 0. The van der Waals surface area contributed by atoms with E-state index in [1.807, 2.05) is 30.4 Å². The molecule has 0 N–H and O–H groups in total. The molecule has 0 fully saturated rings. The molecule has 0 amide bonds. The summed E-state index contributed by atoms with van der Waals surface area (Å²) in [6.45, 7) is 9.24. The summed E-state index contributed by atoms with van der Waals surface area (Å²) in [6, 6.07) is 0. The summed E-state index contributed by atoms with van der Waals surface area (Å²) in [5.74, 6) is 3.60. The Morgan fingerprint density at radius 2 is 1.67 bits per heavy atom. The summed E-state index contributed by atoms with van der Waals surface area (Å²) in [5, 5.41) is 0. The van der Waals surface area contributed by atoms with Gasteiger partial charge in [-0.05, 0) is 24.2 Å². The molecule has 0 atom stereocenters. The molecule has 0 nitrogen and oxygen atoms in total. The van der Waals surface area contributed by atoms with Gasteiger partial charge >= 0.3 is 0 Å². The molecule has 0 saturated carbocycles. The monoisotopic (exact) mass is 281 g/mol. The van der Waals surface area contributed by atoms with Crippen LogP contribution in [0.15, 0.2) is 0 Å². The molecule has 0 heterocycles. The van der Waals surface area contributed by atoms with Crippen molar-refractivity contribution in [3.8, 4) is 0 Å². The number of thioether (sulfide) groups is 2. The Morgan fingerprint density at radius 3 is 2.00 bits per heavy atom. The zero-order valence-electron chi connectivity index (χ0n) is 8.34. The number of hydrogen-bond donors (Lipinski definition) is 0. The zero-order valence-corrected chi connectivity index (χ0v) is 12.8. The van der Waals surface area contributed by atoms with Crippen LogP contribution in [0.25, 0.3) is 0 Å². The number of hydrogen-bond acceptors (Lipinski definition) is 2. The Hall–Kier alpha value is 1.80. The van der Waals surface area contributed by atoms with Crippen molar-refractivity contribution in [2.24, 2.45) is 0 Å². The molecule has 73 valence electrons. The van der Waals surface area contributed by atoms with Gasteiger partial charge in [-0.3, -0.25) is 0 Å². The number of rotatable bonds is 5. The molecule has 0 aromatic rings. The minimum absolute atomic E-state index is 0. The Balaban J connectivity index is -0.000000177. The first kappa shape index (κ1) is 19.4. The van der Waals surface area contributed by atoms with E-state index >= 15 is 0 Å². The van der Waals surface area contributed by atoms with Crippen molar-refractivity contribution in [3.05, 3.63) is 13.8 Å². The molecule has 0 aliphatic carbocycles. The smallest absolute Gasteiger partial charge is 0 e. The van der Waals surface area contributed by atoms with Crippen molar-refractivity contribution < 1.29 is 32.7 Å². The molecule has 0 unspecified atom stereocenters. The first-order chi connectivity index (χ1) is 5.33. The normalized spacial score (nSPS) is 8.00. The van der Waals surface area contributed by atoms with Crippen LogP contribution in [0.5, 0.6) is 0 Å². The molecule has 0 aromatic carbocycles. The molecule has 1 radical (unpaired) electrons. The van der Waals surface area contributed by atoms with Gasteiger partial charge in [-0.25, -0.2) is 0 Å². The molecule has 0 aromatic heterocycles. The molecule has 0 spiro atoms. The fourth-order valence-corrected chi connectivity index (χ4v) is 1.58. The molecule has 12 heavy (non-hydrogen) atoms. The van der Waals surface area contributed by atoms with Crippen LogP contribution >= 0.6 is 23.5 Å².